The second-order valence-corrected chi connectivity index (χ2v) is 8.92. The Kier molecular flexibility index (Phi) is 6.90. The molecule has 1 aromatic rings. The first-order valence-corrected chi connectivity index (χ1v) is 10.4. The minimum absolute atomic E-state index is 0. The van der Waals surface area contributed by atoms with Gasteiger partial charge in [0.1, 0.15) is 11.9 Å². The number of rotatable bonds is 5. The number of anilines is 1. The number of benzene rings is 1. The lowest BCUT2D eigenvalue weighted by atomic mass is 9.95. The average molecular weight is 405 g/mol. The molecule has 2 aliphatic heterocycles. The van der Waals surface area contributed by atoms with Gasteiger partial charge in [0.2, 0.25) is 5.91 Å². The fourth-order valence-electron chi connectivity index (χ4n) is 3.26. The van der Waals surface area contributed by atoms with E-state index in [1.807, 2.05) is 0 Å². The van der Waals surface area contributed by atoms with Gasteiger partial charge in [-0.1, -0.05) is 0 Å². The highest BCUT2D eigenvalue weighted by molar-refractivity contribution is 7.92. The molecule has 0 radical (unpaired) electrons. The summed E-state index contributed by atoms with van der Waals surface area (Å²) in [6, 6.07) is 6.98. The Bertz CT molecular complexity index is 711. The van der Waals surface area contributed by atoms with E-state index < -0.39 is 20.5 Å². The molecule has 1 amide bonds. The molecule has 26 heavy (non-hydrogen) atoms. The van der Waals surface area contributed by atoms with Gasteiger partial charge in [-0.15, -0.1) is 12.4 Å². The van der Waals surface area contributed by atoms with Crippen LogP contribution in [0.25, 0.3) is 0 Å². The summed E-state index contributed by atoms with van der Waals surface area (Å²) in [6.45, 7) is 2.32. The van der Waals surface area contributed by atoms with Crippen LogP contribution in [0.1, 0.15) is 19.3 Å². The van der Waals surface area contributed by atoms with Crippen molar-refractivity contribution >= 4 is 33.8 Å². The van der Waals surface area contributed by atoms with Gasteiger partial charge >= 0.3 is 0 Å². The monoisotopic (exact) mass is 404 g/mol. The highest BCUT2D eigenvalue weighted by atomic mass is 35.5. The van der Waals surface area contributed by atoms with Crippen LogP contribution in [0, 0.1) is 0 Å². The van der Waals surface area contributed by atoms with E-state index in [1.165, 1.54) is 0 Å². The van der Waals surface area contributed by atoms with E-state index >= 15 is 0 Å². The summed E-state index contributed by atoms with van der Waals surface area (Å²) in [5.74, 6) is 0.238. The second-order valence-electron chi connectivity index (χ2n) is 6.60. The first-order chi connectivity index (χ1) is 11.9. The standard InChI is InChI=1S/C17H24N2O5S.ClH/c1-25(21,22)17(7-9-18-10-8-17)16(20)19-13-2-4-14(5-3-13)24-15-6-11-23-12-15;/h2-5,15,18H,6-12H2,1H3,(H,19,20);1H. The van der Waals surface area contributed by atoms with Gasteiger partial charge in [0.05, 0.1) is 13.2 Å². The van der Waals surface area contributed by atoms with E-state index in [2.05, 4.69) is 10.6 Å². The Morgan fingerprint density at radius 3 is 2.46 bits per heavy atom. The number of amides is 1. The van der Waals surface area contributed by atoms with Gasteiger partial charge in [0.15, 0.2) is 14.6 Å². The fourth-order valence-corrected chi connectivity index (χ4v) is 4.59. The first-order valence-electron chi connectivity index (χ1n) is 8.47. The molecule has 1 atom stereocenters. The fraction of sp³-hybridized carbons (Fsp3) is 0.588. The largest absolute Gasteiger partial charge is 0.488 e. The predicted molar refractivity (Wildman–Crippen MR) is 102 cm³/mol. The predicted octanol–water partition coefficient (Wildman–Crippen LogP) is 1.38. The third-order valence-corrected chi connectivity index (χ3v) is 6.85. The number of ether oxygens (including phenoxy) is 2. The van der Waals surface area contributed by atoms with E-state index in [0.29, 0.717) is 37.7 Å². The lowest BCUT2D eigenvalue weighted by Crippen LogP contribution is -2.55. The van der Waals surface area contributed by atoms with Crippen molar-refractivity contribution in [2.75, 3.05) is 37.9 Å². The number of hydrogen-bond acceptors (Lipinski definition) is 6. The van der Waals surface area contributed by atoms with Gasteiger partial charge in [-0.25, -0.2) is 8.42 Å². The minimum Gasteiger partial charge on any atom is -0.488 e. The third kappa shape index (κ3) is 4.49. The van der Waals surface area contributed by atoms with Crippen molar-refractivity contribution < 1.29 is 22.7 Å². The van der Waals surface area contributed by atoms with Crippen LogP contribution in [0.15, 0.2) is 24.3 Å². The van der Waals surface area contributed by atoms with Gasteiger partial charge < -0.3 is 20.1 Å². The summed E-state index contributed by atoms with van der Waals surface area (Å²) >= 11 is 0. The van der Waals surface area contributed by atoms with Crippen LogP contribution in [0.5, 0.6) is 5.75 Å². The maximum absolute atomic E-state index is 12.7. The van der Waals surface area contributed by atoms with Crippen molar-refractivity contribution in [3.8, 4) is 5.75 Å². The highest BCUT2D eigenvalue weighted by Crippen LogP contribution is 2.30. The Morgan fingerprint density at radius 1 is 1.27 bits per heavy atom. The van der Waals surface area contributed by atoms with Crippen molar-refractivity contribution in [1.29, 1.82) is 0 Å². The molecule has 2 fully saturated rings. The molecule has 2 heterocycles. The molecule has 0 saturated carbocycles. The lowest BCUT2D eigenvalue weighted by molar-refractivity contribution is -0.119. The number of carbonyl (C=O) groups excluding carboxylic acids is 1. The first kappa shape index (κ1) is 21.0. The van der Waals surface area contributed by atoms with E-state index in [1.54, 1.807) is 24.3 Å². The van der Waals surface area contributed by atoms with Crippen LogP contribution < -0.4 is 15.4 Å². The molecule has 2 N–H and O–H groups in total. The quantitative estimate of drug-likeness (QED) is 0.770. The zero-order valence-corrected chi connectivity index (χ0v) is 16.3. The average Bonchev–Trinajstić information content (AvgIpc) is 3.09. The van der Waals surface area contributed by atoms with E-state index in [9.17, 15) is 13.2 Å². The van der Waals surface area contributed by atoms with Crippen molar-refractivity contribution in [2.45, 2.75) is 30.1 Å². The molecule has 1 aromatic carbocycles. The SMILES string of the molecule is CS(=O)(=O)C1(C(=O)Nc2ccc(OC3CCOC3)cc2)CCNCC1.Cl. The number of halogens is 1. The van der Waals surface area contributed by atoms with E-state index in [4.69, 9.17) is 9.47 Å². The van der Waals surface area contributed by atoms with Crippen molar-refractivity contribution in [1.82, 2.24) is 5.32 Å². The molecule has 0 aromatic heterocycles. The van der Waals surface area contributed by atoms with Crippen LogP contribution in [0.3, 0.4) is 0 Å². The third-order valence-electron chi connectivity index (χ3n) is 4.84. The molecule has 2 saturated heterocycles. The number of carbonyl (C=O) groups is 1. The Balaban J connectivity index is 0.00000243. The van der Waals surface area contributed by atoms with Gasteiger partial charge in [0.25, 0.3) is 0 Å². The van der Waals surface area contributed by atoms with Crippen molar-refractivity contribution in [3.05, 3.63) is 24.3 Å². The molecule has 0 spiro atoms. The molecular weight excluding hydrogens is 380 g/mol. The normalized spacial score (nSPS) is 22.3. The maximum atomic E-state index is 12.7. The zero-order chi connectivity index (χ0) is 17.9. The molecule has 1 unspecified atom stereocenters. The molecule has 9 heteroatoms. The lowest BCUT2D eigenvalue weighted by Gasteiger charge is -2.34. The number of piperidine rings is 1. The molecular formula is C17H25ClN2O5S. The smallest absolute Gasteiger partial charge is 0.245 e. The highest BCUT2D eigenvalue weighted by Gasteiger charge is 2.48. The molecule has 7 nitrogen and oxygen atoms in total. The summed E-state index contributed by atoms with van der Waals surface area (Å²) in [4.78, 5) is 12.7. The van der Waals surface area contributed by atoms with Gasteiger partial charge in [-0.2, -0.15) is 0 Å². The van der Waals surface area contributed by atoms with Gasteiger partial charge in [-0.3, -0.25) is 4.79 Å². The number of hydrogen-bond donors (Lipinski definition) is 2. The van der Waals surface area contributed by atoms with Crippen molar-refractivity contribution in [3.63, 3.8) is 0 Å². The van der Waals surface area contributed by atoms with Crippen LogP contribution in [-0.2, 0) is 19.4 Å². The van der Waals surface area contributed by atoms with Crippen LogP contribution in [-0.4, -0.2) is 57.7 Å². The van der Waals surface area contributed by atoms with Crippen LogP contribution in [0.4, 0.5) is 5.69 Å². The Morgan fingerprint density at radius 2 is 1.92 bits per heavy atom. The minimum atomic E-state index is -3.52. The Labute approximate surface area is 160 Å². The number of sulfone groups is 1. The maximum Gasteiger partial charge on any atom is 0.245 e. The zero-order valence-electron chi connectivity index (χ0n) is 14.7. The van der Waals surface area contributed by atoms with Crippen LogP contribution >= 0.6 is 12.4 Å². The molecule has 146 valence electrons. The molecule has 3 rings (SSSR count). The topological polar surface area (TPSA) is 93.7 Å². The van der Waals surface area contributed by atoms with Crippen molar-refractivity contribution in [2.24, 2.45) is 0 Å². The van der Waals surface area contributed by atoms with Crippen LogP contribution in [0.2, 0.25) is 0 Å². The van der Waals surface area contributed by atoms with E-state index in [-0.39, 0.29) is 31.4 Å². The summed E-state index contributed by atoms with van der Waals surface area (Å²) < 4.78 is 34.2. The summed E-state index contributed by atoms with van der Waals surface area (Å²) in [5, 5.41) is 5.85. The second kappa shape index (κ2) is 8.56. The molecule has 0 bridgehead atoms. The summed E-state index contributed by atoms with van der Waals surface area (Å²) in [7, 11) is -3.52. The Hall–Kier alpha value is -1.35. The summed E-state index contributed by atoms with van der Waals surface area (Å²) in [5.41, 5.74) is 0.557. The molecule has 0 aliphatic carbocycles. The number of nitrogens with one attached hydrogen (secondary N) is 2. The van der Waals surface area contributed by atoms with Gasteiger partial charge in [-0.05, 0) is 50.2 Å². The van der Waals surface area contributed by atoms with E-state index in [0.717, 1.165) is 12.7 Å². The van der Waals surface area contributed by atoms with Gasteiger partial charge in [0, 0.05) is 18.4 Å². The molecule has 2 aliphatic rings. The summed E-state index contributed by atoms with van der Waals surface area (Å²) in [6.07, 6.45) is 2.62.